The summed E-state index contributed by atoms with van der Waals surface area (Å²) < 4.78 is 5.28. The number of aromatic nitrogens is 1. The average molecular weight is 333 g/mol. The Morgan fingerprint density at radius 3 is 2.58 bits per heavy atom. The minimum atomic E-state index is -0.476. The van der Waals surface area contributed by atoms with Gasteiger partial charge >= 0.3 is 0 Å². The molecule has 0 aromatic carbocycles. The van der Waals surface area contributed by atoms with Crippen molar-refractivity contribution in [2.24, 2.45) is 0 Å². The monoisotopic (exact) mass is 333 g/mol. The third-order valence-corrected chi connectivity index (χ3v) is 4.70. The van der Waals surface area contributed by atoms with Crippen molar-refractivity contribution in [3.05, 3.63) is 33.2 Å². The molecule has 2 amide bonds. The van der Waals surface area contributed by atoms with E-state index in [0.717, 1.165) is 12.1 Å². The molecule has 1 N–H and O–H groups in total. The quantitative estimate of drug-likeness (QED) is 0.852. The third kappa shape index (κ3) is 3.08. The van der Waals surface area contributed by atoms with Crippen LogP contribution in [0, 0.1) is 13.8 Å². The summed E-state index contributed by atoms with van der Waals surface area (Å²) in [5.74, 6) is -0.386. The predicted octanol–water partition coefficient (Wildman–Crippen LogP) is 0.455. The van der Waals surface area contributed by atoms with E-state index in [2.05, 4.69) is 4.98 Å². The summed E-state index contributed by atoms with van der Waals surface area (Å²) in [5, 5.41) is 0. The van der Waals surface area contributed by atoms with Crippen molar-refractivity contribution in [2.45, 2.75) is 32.7 Å². The summed E-state index contributed by atoms with van der Waals surface area (Å²) in [6.45, 7) is 6.22. The molecule has 7 heteroatoms. The van der Waals surface area contributed by atoms with E-state index in [9.17, 15) is 14.4 Å². The van der Waals surface area contributed by atoms with Gasteiger partial charge in [-0.2, -0.15) is 0 Å². The topological polar surface area (TPSA) is 82.7 Å². The number of ether oxygens (including phenoxy) is 1. The summed E-state index contributed by atoms with van der Waals surface area (Å²) in [6.07, 6.45) is 1.42. The van der Waals surface area contributed by atoms with E-state index in [1.54, 1.807) is 29.7 Å². The Morgan fingerprint density at radius 1 is 1.21 bits per heavy atom. The Kier molecular flexibility index (Phi) is 4.71. The van der Waals surface area contributed by atoms with Gasteiger partial charge in [-0.1, -0.05) is 0 Å². The molecule has 130 valence electrons. The van der Waals surface area contributed by atoms with E-state index >= 15 is 0 Å². The van der Waals surface area contributed by atoms with Crippen LogP contribution in [-0.2, 0) is 9.53 Å². The first-order valence-electron chi connectivity index (χ1n) is 8.37. The number of pyridine rings is 1. The second-order valence-electron chi connectivity index (χ2n) is 6.43. The van der Waals surface area contributed by atoms with Crippen molar-refractivity contribution in [1.29, 1.82) is 0 Å². The standard InChI is InChI=1S/C17H23N3O4/c1-11-10-12(2)18-15(21)14(11)17(23)20-5-3-4-13(20)16(22)19-6-8-24-9-7-19/h10,13H,3-9H2,1-2H3,(H,18,21)/t13-/m0/s1. The van der Waals surface area contributed by atoms with Crippen molar-refractivity contribution in [1.82, 2.24) is 14.8 Å². The number of aromatic amines is 1. The second kappa shape index (κ2) is 6.76. The fourth-order valence-corrected chi connectivity index (χ4v) is 3.52. The van der Waals surface area contributed by atoms with Crippen LogP contribution in [0.15, 0.2) is 10.9 Å². The van der Waals surface area contributed by atoms with Gasteiger partial charge in [-0.3, -0.25) is 14.4 Å². The van der Waals surface area contributed by atoms with E-state index in [-0.39, 0.29) is 22.9 Å². The first kappa shape index (κ1) is 16.7. The lowest BCUT2D eigenvalue weighted by molar-refractivity contribution is -0.139. The summed E-state index contributed by atoms with van der Waals surface area (Å²) in [5.41, 5.74) is 1.12. The van der Waals surface area contributed by atoms with Gasteiger partial charge in [-0.05, 0) is 38.3 Å². The van der Waals surface area contributed by atoms with Gasteiger partial charge in [-0.15, -0.1) is 0 Å². The van der Waals surface area contributed by atoms with Gasteiger partial charge in [0, 0.05) is 25.3 Å². The van der Waals surface area contributed by atoms with Crippen molar-refractivity contribution < 1.29 is 14.3 Å². The van der Waals surface area contributed by atoms with Gasteiger partial charge in [-0.25, -0.2) is 0 Å². The van der Waals surface area contributed by atoms with Crippen LogP contribution in [0.1, 0.15) is 34.5 Å². The fraction of sp³-hybridized carbons (Fsp3) is 0.588. The minimum absolute atomic E-state index is 0.0367. The first-order chi connectivity index (χ1) is 11.5. The summed E-state index contributed by atoms with van der Waals surface area (Å²) in [7, 11) is 0. The van der Waals surface area contributed by atoms with Gasteiger partial charge in [0.05, 0.1) is 13.2 Å². The Hall–Kier alpha value is -2.15. The predicted molar refractivity (Wildman–Crippen MR) is 88.0 cm³/mol. The van der Waals surface area contributed by atoms with E-state index in [4.69, 9.17) is 4.74 Å². The van der Waals surface area contributed by atoms with Crippen molar-refractivity contribution in [3.8, 4) is 0 Å². The molecule has 1 aromatic rings. The van der Waals surface area contributed by atoms with Gasteiger partial charge in [0.15, 0.2) is 0 Å². The molecule has 0 spiro atoms. The van der Waals surface area contributed by atoms with E-state index in [1.165, 1.54) is 0 Å². The maximum atomic E-state index is 12.9. The molecule has 3 heterocycles. The first-order valence-corrected chi connectivity index (χ1v) is 8.37. The lowest BCUT2D eigenvalue weighted by Gasteiger charge is -2.32. The zero-order valence-corrected chi connectivity index (χ0v) is 14.1. The highest BCUT2D eigenvalue weighted by atomic mass is 16.5. The SMILES string of the molecule is Cc1cc(C)c(C(=O)N2CCC[C@H]2C(=O)N2CCOCC2)c(=O)[nH]1. The normalized spacial score (nSPS) is 21.2. The summed E-state index contributed by atoms with van der Waals surface area (Å²) in [6, 6.07) is 1.31. The number of aryl methyl sites for hydroxylation is 2. The minimum Gasteiger partial charge on any atom is -0.378 e. The highest BCUT2D eigenvalue weighted by Crippen LogP contribution is 2.22. The average Bonchev–Trinajstić information content (AvgIpc) is 3.03. The molecular formula is C17H23N3O4. The van der Waals surface area contributed by atoms with Gasteiger partial charge in [0.1, 0.15) is 11.6 Å². The van der Waals surface area contributed by atoms with E-state index in [0.29, 0.717) is 44.8 Å². The van der Waals surface area contributed by atoms with Crippen molar-refractivity contribution >= 4 is 11.8 Å². The molecule has 0 saturated carbocycles. The lowest BCUT2D eigenvalue weighted by atomic mass is 10.1. The number of amides is 2. The Bertz CT molecular complexity index is 706. The summed E-state index contributed by atoms with van der Waals surface area (Å²) in [4.78, 5) is 43.9. The number of carbonyl (C=O) groups excluding carboxylic acids is 2. The van der Waals surface area contributed by atoms with E-state index in [1.807, 2.05) is 0 Å². The Balaban J connectivity index is 1.84. The van der Waals surface area contributed by atoms with Crippen LogP contribution < -0.4 is 5.56 Å². The molecule has 2 aliphatic heterocycles. The number of hydrogen-bond acceptors (Lipinski definition) is 4. The molecule has 0 bridgehead atoms. The number of H-pyrrole nitrogens is 1. The van der Waals surface area contributed by atoms with Crippen LogP contribution in [0.3, 0.4) is 0 Å². The molecule has 0 aliphatic carbocycles. The number of likely N-dealkylation sites (tertiary alicyclic amines) is 1. The maximum absolute atomic E-state index is 12.9. The van der Waals surface area contributed by atoms with Gasteiger partial charge in [0.2, 0.25) is 5.91 Å². The molecule has 3 rings (SSSR count). The van der Waals surface area contributed by atoms with Crippen LogP contribution in [-0.4, -0.2) is 65.5 Å². The lowest BCUT2D eigenvalue weighted by Crippen LogP contribution is -2.51. The van der Waals surface area contributed by atoms with Crippen LogP contribution in [0.25, 0.3) is 0 Å². The molecule has 2 aliphatic rings. The molecular weight excluding hydrogens is 310 g/mol. The number of rotatable bonds is 2. The fourth-order valence-electron chi connectivity index (χ4n) is 3.52. The second-order valence-corrected chi connectivity index (χ2v) is 6.43. The van der Waals surface area contributed by atoms with Crippen molar-refractivity contribution in [2.75, 3.05) is 32.8 Å². The highest BCUT2D eigenvalue weighted by Gasteiger charge is 2.38. The van der Waals surface area contributed by atoms with E-state index < -0.39 is 6.04 Å². The van der Waals surface area contributed by atoms with Crippen molar-refractivity contribution in [3.63, 3.8) is 0 Å². The van der Waals surface area contributed by atoms with Crippen LogP contribution in [0.5, 0.6) is 0 Å². The van der Waals surface area contributed by atoms with Crippen LogP contribution in [0.4, 0.5) is 0 Å². The smallest absolute Gasteiger partial charge is 0.261 e. The van der Waals surface area contributed by atoms with Gasteiger partial charge in [0.25, 0.3) is 11.5 Å². The molecule has 7 nitrogen and oxygen atoms in total. The largest absolute Gasteiger partial charge is 0.378 e. The Morgan fingerprint density at radius 2 is 1.92 bits per heavy atom. The molecule has 2 saturated heterocycles. The zero-order chi connectivity index (χ0) is 17.3. The molecule has 1 aromatic heterocycles. The third-order valence-electron chi connectivity index (χ3n) is 4.70. The maximum Gasteiger partial charge on any atom is 0.261 e. The molecule has 1 atom stereocenters. The number of nitrogens with zero attached hydrogens (tertiary/aromatic N) is 2. The highest BCUT2D eigenvalue weighted by molar-refractivity contribution is 5.98. The Labute approximate surface area is 140 Å². The number of nitrogens with one attached hydrogen (secondary N) is 1. The molecule has 2 fully saturated rings. The molecule has 0 unspecified atom stereocenters. The number of hydrogen-bond donors (Lipinski definition) is 1. The molecule has 0 radical (unpaired) electrons. The zero-order valence-electron chi connectivity index (χ0n) is 14.1. The molecule has 24 heavy (non-hydrogen) atoms. The number of morpholine rings is 1. The summed E-state index contributed by atoms with van der Waals surface area (Å²) >= 11 is 0. The van der Waals surface area contributed by atoms with Crippen LogP contribution >= 0.6 is 0 Å². The number of carbonyl (C=O) groups is 2. The van der Waals surface area contributed by atoms with Gasteiger partial charge < -0.3 is 19.5 Å². The van der Waals surface area contributed by atoms with Crippen LogP contribution in [0.2, 0.25) is 0 Å².